The van der Waals surface area contributed by atoms with Crippen LogP contribution in [-0.4, -0.2) is 177 Å². The normalized spacial score (nSPS) is 26.9. The summed E-state index contributed by atoms with van der Waals surface area (Å²) in [5.41, 5.74) is 22.9. The monoisotopic (exact) mass is 1020 g/mol. The fourth-order valence-electron chi connectivity index (χ4n) is 7.26. The van der Waals surface area contributed by atoms with E-state index < -0.39 is 145 Å². The number of rotatable bonds is 17. The minimum atomic E-state index is -1.76. The van der Waals surface area contributed by atoms with Gasteiger partial charge in [-0.05, 0) is 83.2 Å². The minimum absolute atomic E-state index is 0.0152. The van der Waals surface area contributed by atoms with E-state index >= 15 is 0 Å². The molecule has 2 aliphatic rings. The Morgan fingerprint density at radius 1 is 0.652 bits per heavy atom. The fraction of sp³-hybridized carbons (Fsp3) is 0.732. The number of nitrogens with one attached hydrogen (secondary N) is 7. The van der Waals surface area contributed by atoms with Crippen molar-refractivity contribution >= 4 is 86.7 Å². The topological polar surface area (TPSA) is 440 Å². The summed E-state index contributed by atoms with van der Waals surface area (Å²) in [4.78, 5) is 147. The molecule has 69 heavy (non-hydrogen) atoms. The SMILES string of the molecule is CC(C)C[C@@H]1NC(=O)[C@H](CCC(=O)O)NC(=O)[C@@H]2CCCN2C(=O)[C@H](CO)NC(=O)[C@H](CC(N)=O)NC(=O)[C@H](CCCCN)NC(=O)[C@H](CCCCN)NC(=O)[C@@H](N)CSSC[C@@H](C(=O)O)NC1=O. The van der Waals surface area contributed by atoms with E-state index in [2.05, 4.69) is 37.2 Å². The zero-order valence-electron chi connectivity index (χ0n) is 38.9. The first-order chi connectivity index (χ1) is 32.6. The lowest BCUT2D eigenvalue weighted by Crippen LogP contribution is -2.61. The van der Waals surface area contributed by atoms with E-state index in [1.165, 1.54) is 0 Å². The summed E-state index contributed by atoms with van der Waals surface area (Å²) in [6.07, 6.45) is -0.0621. The van der Waals surface area contributed by atoms with Gasteiger partial charge in [0.15, 0.2) is 0 Å². The van der Waals surface area contributed by atoms with Crippen molar-refractivity contribution in [2.45, 2.75) is 145 Å². The molecule has 0 saturated carbocycles. The summed E-state index contributed by atoms with van der Waals surface area (Å²) in [7, 11) is 1.95. The third-order valence-corrected chi connectivity index (χ3v) is 13.4. The van der Waals surface area contributed by atoms with Gasteiger partial charge in [-0.1, -0.05) is 35.4 Å². The summed E-state index contributed by atoms with van der Waals surface area (Å²) < 4.78 is 0. The average molecular weight is 1020 g/mol. The molecule has 2 saturated heterocycles. The first-order valence-corrected chi connectivity index (χ1v) is 25.3. The molecule has 9 atom stereocenters. The number of aliphatic carboxylic acids is 2. The first kappa shape index (κ1) is 59.8. The van der Waals surface area contributed by atoms with Crippen LogP contribution in [0.2, 0.25) is 0 Å². The van der Waals surface area contributed by atoms with Gasteiger partial charge in [-0.2, -0.15) is 0 Å². The molecule has 2 aliphatic heterocycles. The van der Waals surface area contributed by atoms with E-state index in [4.69, 9.17) is 22.9 Å². The molecule has 0 radical (unpaired) electrons. The lowest BCUT2D eigenvalue weighted by Gasteiger charge is -2.30. The maximum absolute atomic E-state index is 13.9. The van der Waals surface area contributed by atoms with Crippen LogP contribution < -0.4 is 60.2 Å². The number of aliphatic hydroxyl groups excluding tert-OH is 1. The zero-order valence-corrected chi connectivity index (χ0v) is 40.5. The van der Waals surface area contributed by atoms with E-state index in [0.29, 0.717) is 25.7 Å². The minimum Gasteiger partial charge on any atom is -0.481 e. The molecule has 0 aromatic heterocycles. The van der Waals surface area contributed by atoms with E-state index in [9.17, 15) is 68.1 Å². The first-order valence-electron chi connectivity index (χ1n) is 22.8. The van der Waals surface area contributed by atoms with Crippen molar-refractivity contribution in [2.75, 3.05) is 37.7 Å². The molecular weight excluding hydrogens is 949 g/mol. The number of fused-ring (bicyclic) bond motifs is 1. The van der Waals surface area contributed by atoms with E-state index in [-0.39, 0.29) is 69.2 Å². The average Bonchev–Trinajstić information content (AvgIpc) is 3.78. The molecule has 390 valence electrons. The van der Waals surface area contributed by atoms with E-state index in [1.54, 1.807) is 13.8 Å². The van der Waals surface area contributed by atoms with Crippen LogP contribution in [0.5, 0.6) is 0 Å². The molecule has 2 rings (SSSR count). The van der Waals surface area contributed by atoms with Crippen molar-refractivity contribution in [1.29, 1.82) is 0 Å². The van der Waals surface area contributed by atoms with Crippen LogP contribution in [0.3, 0.4) is 0 Å². The molecule has 0 unspecified atom stereocenters. The Kier molecular flexibility index (Phi) is 26.9. The van der Waals surface area contributed by atoms with Crippen LogP contribution in [0.25, 0.3) is 0 Å². The van der Waals surface area contributed by atoms with Crippen molar-refractivity contribution in [2.24, 2.45) is 28.9 Å². The van der Waals surface area contributed by atoms with Gasteiger partial charge in [0.25, 0.3) is 0 Å². The highest BCUT2D eigenvalue weighted by Gasteiger charge is 2.41. The quantitative estimate of drug-likeness (QED) is 0.0480. The number of carbonyl (C=O) groups is 11. The molecule has 2 fully saturated rings. The van der Waals surface area contributed by atoms with Crippen molar-refractivity contribution in [3.63, 3.8) is 0 Å². The van der Waals surface area contributed by atoms with Crippen LogP contribution in [-0.2, 0) is 52.7 Å². The smallest absolute Gasteiger partial charge is 0.327 e. The molecule has 0 aliphatic carbocycles. The maximum atomic E-state index is 13.9. The van der Waals surface area contributed by atoms with Crippen LogP contribution in [0, 0.1) is 5.92 Å². The van der Waals surface area contributed by atoms with Gasteiger partial charge in [0.2, 0.25) is 53.2 Å². The number of amides is 9. The van der Waals surface area contributed by atoms with Gasteiger partial charge >= 0.3 is 11.9 Å². The summed E-state index contributed by atoms with van der Waals surface area (Å²) in [6.45, 7) is 2.83. The molecule has 0 aromatic rings. The highest BCUT2D eigenvalue weighted by Crippen LogP contribution is 2.23. The van der Waals surface area contributed by atoms with Crippen LogP contribution in [0.4, 0.5) is 0 Å². The third-order valence-electron chi connectivity index (χ3n) is 11.0. The maximum Gasteiger partial charge on any atom is 0.327 e. The fourth-order valence-corrected chi connectivity index (χ4v) is 9.54. The van der Waals surface area contributed by atoms with Crippen molar-refractivity contribution in [3.8, 4) is 0 Å². The lowest BCUT2D eigenvalue weighted by atomic mass is 10.0. The molecule has 18 N–H and O–H groups in total. The van der Waals surface area contributed by atoms with E-state index in [0.717, 1.165) is 26.5 Å². The molecule has 0 aromatic carbocycles. The van der Waals surface area contributed by atoms with Crippen molar-refractivity contribution < 1.29 is 68.1 Å². The summed E-state index contributed by atoms with van der Waals surface area (Å²) >= 11 is 0. The number of aliphatic hydroxyl groups is 1. The Bertz CT molecular complexity index is 1820. The van der Waals surface area contributed by atoms with Gasteiger partial charge in [-0.25, -0.2) is 4.79 Å². The van der Waals surface area contributed by atoms with Gasteiger partial charge in [-0.15, -0.1) is 0 Å². The van der Waals surface area contributed by atoms with Gasteiger partial charge < -0.3 is 80.4 Å². The Morgan fingerprint density at radius 3 is 1.65 bits per heavy atom. The van der Waals surface area contributed by atoms with Crippen LogP contribution in [0.15, 0.2) is 0 Å². The van der Waals surface area contributed by atoms with Crippen LogP contribution >= 0.6 is 21.6 Å². The standard InChI is InChI=1S/C41H70N12O14S2/c1-21(2)16-26-37(62)52-29(41(66)67)20-69-68-19-22(44)33(58)46-23(8-3-5-13-42)34(59)47-24(9-4-6-14-43)35(60)50-27(17-31(45)55)38(63)51-28(18-54)40(65)53-15-7-10-30(53)39(64)48-25(36(61)49-26)11-12-32(56)57/h21-30,54H,3-20,42-44H2,1-2H3,(H2,45,55)(H,46,58)(H,47,59)(H,48,64)(H,49,61)(H,50,60)(H,51,63)(H,52,62)(H,56,57)(H,66,67)/t22-,23-,24-,25-,26-,27-,28-,29-,30-/m0/s1. The Morgan fingerprint density at radius 2 is 1.13 bits per heavy atom. The number of carboxylic acids is 2. The molecule has 9 amide bonds. The summed E-state index contributed by atoms with van der Waals surface area (Å²) in [6, 6.07) is -13.1. The Balaban J connectivity index is 2.64. The predicted molar refractivity (Wildman–Crippen MR) is 252 cm³/mol. The molecule has 28 heteroatoms. The van der Waals surface area contributed by atoms with Gasteiger partial charge in [0, 0.05) is 24.5 Å². The highest BCUT2D eigenvalue weighted by atomic mass is 33.1. The largest absolute Gasteiger partial charge is 0.481 e. The molecule has 0 bridgehead atoms. The molecule has 2 heterocycles. The third kappa shape index (κ3) is 21.1. The molecule has 26 nitrogen and oxygen atoms in total. The Hall–Kier alpha value is -5.29. The second kappa shape index (κ2) is 31.0. The summed E-state index contributed by atoms with van der Waals surface area (Å²) in [5.74, 6) is -11.9. The van der Waals surface area contributed by atoms with Gasteiger partial charge in [0.05, 0.1) is 19.1 Å². The zero-order chi connectivity index (χ0) is 51.8. The number of primary amides is 1. The second-order valence-electron chi connectivity index (χ2n) is 17.1. The number of unbranched alkanes of at least 4 members (excludes halogenated alkanes) is 2. The number of nitrogens with zero attached hydrogens (tertiary/aromatic N) is 1. The van der Waals surface area contributed by atoms with Gasteiger partial charge in [-0.3, -0.25) is 47.9 Å². The van der Waals surface area contributed by atoms with Crippen molar-refractivity contribution in [1.82, 2.24) is 42.1 Å². The number of hydrogen-bond acceptors (Lipinski definition) is 17. The number of carbonyl (C=O) groups excluding carboxylic acids is 9. The number of hydrogen-bond donors (Lipinski definition) is 14. The molecular formula is C41H70N12O14S2. The second-order valence-corrected chi connectivity index (χ2v) is 19.7. The highest BCUT2D eigenvalue weighted by molar-refractivity contribution is 8.76. The van der Waals surface area contributed by atoms with Crippen molar-refractivity contribution in [3.05, 3.63) is 0 Å². The molecule has 0 spiro atoms. The lowest BCUT2D eigenvalue weighted by molar-refractivity contribution is -0.143. The predicted octanol–water partition coefficient (Wildman–Crippen LogP) is -4.79. The number of nitrogens with two attached hydrogens (primary N) is 4. The van der Waals surface area contributed by atoms with Crippen LogP contribution in [0.1, 0.15) is 90.9 Å². The Labute approximate surface area is 407 Å². The summed E-state index contributed by atoms with van der Waals surface area (Å²) in [5, 5.41) is 47.0. The number of carboxylic acid groups (broad SMARTS) is 2. The van der Waals surface area contributed by atoms with E-state index in [1.807, 2.05) is 0 Å². The van der Waals surface area contributed by atoms with Gasteiger partial charge in [0.1, 0.15) is 48.3 Å².